The molecule has 0 saturated heterocycles. The lowest BCUT2D eigenvalue weighted by Gasteiger charge is -2.21. The summed E-state index contributed by atoms with van der Waals surface area (Å²) >= 11 is 0. The summed E-state index contributed by atoms with van der Waals surface area (Å²) in [6.45, 7) is 8.44. The van der Waals surface area contributed by atoms with Crippen molar-refractivity contribution in [2.75, 3.05) is 7.05 Å². The molecule has 0 atom stereocenters. The third-order valence-electron chi connectivity index (χ3n) is 2.94. The second-order valence-electron chi connectivity index (χ2n) is 5.30. The fourth-order valence-electron chi connectivity index (χ4n) is 1.69. The fraction of sp³-hybridized carbons (Fsp3) is 0.533. The molecule has 1 aromatic carbocycles. The van der Waals surface area contributed by atoms with Gasteiger partial charge in [-0.2, -0.15) is 0 Å². The van der Waals surface area contributed by atoms with Crippen LogP contribution < -0.4 is 0 Å². The van der Waals surface area contributed by atoms with E-state index in [0.29, 0.717) is 5.92 Å². The van der Waals surface area contributed by atoms with E-state index in [4.69, 9.17) is 0 Å². The van der Waals surface area contributed by atoms with Gasteiger partial charge in [0.1, 0.15) is 0 Å². The monoisotopic (exact) mass is 233 g/mol. The van der Waals surface area contributed by atoms with E-state index < -0.39 is 0 Å². The molecule has 2 nitrogen and oxygen atoms in total. The summed E-state index contributed by atoms with van der Waals surface area (Å²) in [5, 5.41) is 0. The van der Waals surface area contributed by atoms with Gasteiger partial charge < -0.3 is 4.90 Å². The van der Waals surface area contributed by atoms with Crippen molar-refractivity contribution in [2.24, 2.45) is 5.92 Å². The van der Waals surface area contributed by atoms with Crippen molar-refractivity contribution >= 4 is 5.91 Å². The SMILES string of the molecule is CC(C)Cc1ccc(C(=O)N(C)C(C)C)cc1. The molecule has 1 amide bonds. The highest BCUT2D eigenvalue weighted by atomic mass is 16.2. The van der Waals surface area contributed by atoms with Crippen molar-refractivity contribution in [3.8, 4) is 0 Å². The Labute approximate surface area is 105 Å². The molecule has 94 valence electrons. The first kappa shape index (κ1) is 13.8. The van der Waals surface area contributed by atoms with E-state index in [1.807, 2.05) is 33.0 Å². The van der Waals surface area contributed by atoms with Crippen molar-refractivity contribution in [3.63, 3.8) is 0 Å². The highest BCUT2D eigenvalue weighted by molar-refractivity contribution is 5.94. The first-order valence-corrected chi connectivity index (χ1v) is 6.28. The molecule has 17 heavy (non-hydrogen) atoms. The van der Waals surface area contributed by atoms with Crippen LogP contribution in [0.5, 0.6) is 0 Å². The highest BCUT2D eigenvalue weighted by Gasteiger charge is 2.13. The van der Waals surface area contributed by atoms with Crippen molar-refractivity contribution in [2.45, 2.75) is 40.2 Å². The van der Waals surface area contributed by atoms with Gasteiger partial charge in [-0.15, -0.1) is 0 Å². The Morgan fingerprint density at radius 1 is 1.12 bits per heavy atom. The summed E-state index contributed by atoms with van der Waals surface area (Å²) < 4.78 is 0. The molecule has 0 aliphatic heterocycles. The lowest BCUT2D eigenvalue weighted by Crippen LogP contribution is -2.32. The fourth-order valence-corrected chi connectivity index (χ4v) is 1.69. The lowest BCUT2D eigenvalue weighted by molar-refractivity contribution is 0.0755. The standard InChI is InChI=1S/C15H23NO/c1-11(2)10-13-6-8-14(9-7-13)15(17)16(5)12(3)4/h6-9,11-12H,10H2,1-5H3. The van der Waals surface area contributed by atoms with Crippen molar-refractivity contribution in [1.29, 1.82) is 0 Å². The average molecular weight is 233 g/mol. The third-order valence-corrected chi connectivity index (χ3v) is 2.94. The molecule has 0 heterocycles. The van der Waals surface area contributed by atoms with Gasteiger partial charge in [-0.3, -0.25) is 4.79 Å². The van der Waals surface area contributed by atoms with Gasteiger partial charge in [0.25, 0.3) is 5.91 Å². The van der Waals surface area contributed by atoms with Gasteiger partial charge in [-0.1, -0.05) is 26.0 Å². The largest absolute Gasteiger partial charge is 0.339 e. The first-order valence-electron chi connectivity index (χ1n) is 6.28. The van der Waals surface area contributed by atoms with Gasteiger partial charge >= 0.3 is 0 Å². The summed E-state index contributed by atoms with van der Waals surface area (Å²) in [6, 6.07) is 8.21. The Morgan fingerprint density at radius 3 is 2.06 bits per heavy atom. The minimum Gasteiger partial charge on any atom is -0.339 e. The van der Waals surface area contributed by atoms with Crippen LogP contribution in [-0.2, 0) is 6.42 Å². The van der Waals surface area contributed by atoms with Crippen LogP contribution in [0.4, 0.5) is 0 Å². The number of nitrogens with zero attached hydrogens (tertiary/aromatic N) is 1. The molecule has 0 spiro atoms. The summed E-state index contributed by atoms with van der Waals surface area (Å²) in [5.41, 5.74) is 2.07. The molecule has 0 aliphatic rings. The molecule has 1 rings (SSSR count). The van der Waals surface area contributed by atoms with Gasteiger partial charge in [0.05, 0.1) is 0 Å². The van der Waals surface area contributed by atoms with Crippen LogP contribution in [0, 0.1) is 5.92 Å². The van der Waals surface area contributed by atoms with Crippen LogP contribution in [0.1, 0.15) is 43.6 Å². The van der Waals surface area contributed by atoms with E-state index in [1.165, 1.54) is 5.56 Å². The van der Waals surface area contributed by atoms with Gasteiger partial charge in [-0.25, -0.2) is 0 Å². The number of amides is 1. The number of hydrogen-bond donors (Lipinski definition) is 0. The van der Waals surface area contributed by atoms with Crippen LogP contribution in [0.25, 0.3) is 0 Å². The summed E-state index contributed by atoms with van der Waals surface area (Å²) in [6.07, 6.45) is 1.06. The summed E-state index contributed by atoms with van der Waals surface area (Å²) in [5.74, 6) is 0.742. The van der Waals surface area contributed by atoms with Gasteiger partial charge in [0, 0.05) is 18.7 Å². The second kappa shape index (κ2) is 5.85. The van der Waals surface area contributed by atoms with Crippen LogP contribution in [0.3, 0.4) is 0 Å². The number of carbonyl (C=O) groups excluding carboxylic acids is 1. The van der Waals surface area contributed by atoms with E-state index in [2.05, 4.69) is 26.0 Å². The van der Waals surface area contributed by atoms with E-state index >= 15 is 0 Å². The van der Waals surface area contributed by atoms with E-state index in [0.717, 1.165) is 12.0 Å². The van der Waals surface area contributed by atoms with Crippen LogP contribution >= 0.6 is 0 Å². The minimum atomic E-state index is 0.0936. The van der Waals surface area contributed by atoms with Crippen molar-refractivity contribution < 1.29 is 4.79 Å². The Morgan fingerprint density at radius 2 is 1.65 bits per heavy atom. The molecule has 0 N–H and O–H groups in total. The van der Waals surface area contributed by atoms with E-state index in [1.54, 1.807) is 4.90 Å². The van der Waals surface area contributed by atoms with E-state index in [-0.39, 0.29) is 11.9 Å². The van der Waals surface area contributed by atoms with Gasteiger partial charge in [0.15, 0.2) is 0 Å². The predicted octanol–water partition coefficient (Wildman–Crippen LogP) is 3.37. The topological polar surface area (TPSA) is 20.3 Å². The van der Waals surface area contributed by atoms with Crippen LogP contribution in [0.2, 0.25) is 0 Å². The molecule has 1 aromatic rings. The van der Waals surface area contributed by atoms with Gasteiger partial charge in [0.2, 0.25) is 0 Å². The molecule has 2 heteroatoms. The molecule has 0 saturated carbocycles. The van der Waals surface area contributed by atoms with Crippen molar-refractivity contribution in [1.82, 2.24) is 4.90 Å². The summed E-state index contributed by atoms with van der Waals surface area (Å²) in [7, 11) is 1.84. The molecule has 0 unspecified atom stereocenters. The Balaban J connectivity index is 2.77. The third kappa shape index (κ3) is 3.88. The van der Waals surface area contributed by atoms with E-state index in [9.17, 15) is 4.79 Å². The highest BCUT2D eigenvalue weighted by Crippen LogP contribution is 2.12. The molecule has 0 bridgehead atoms. The zero-order valence-corrected chi connectivity index (χ0v) is 11.5. The summed E-state index contributed by atoms with van der Waals surface area (Å²) in [4.78, 5) is 13.8. The Hall–Kier alpha value is -1.31. The Kier molecular flexibility index (Phi) is 4.73. The predicted molar refractivity (Wildman–Crippen MR) is 72.2 cm³/mol. The minimum absolute atomic E-state index is 0.0936. The maximum Gasteiger partial charge on any atom is 0.253 e. The quantitative estimate of drug-likeness (QED) is 0.781. The second-order valence-corrected chi connectivity index (χ2v) is 5.30. The molecular weight excluding hydrogens is 210 g/mol. The average Bonchev–Trinajstić information content (AvgIpc) is 2.27. The van der Waals surface area contributed by atoms with Crippen LogP contribution in [0.15, 0.2) is 24.3 Å². The maximum atomic E-state index is 12.0. The number of carbonyl (C=O) groups is 1. The molecule has 0 aromatic heterocycles. The van der Waals surface area contributed by atoms with Crippen molar-refractivity contribution in [3.05, 3.63) is 35.4 Å². The molecular formula is C15H23NO. The zero-order chi connectivity index (χ0) is 13.0. The normalized spacial score (nSPS) is 11.0. The molecule has 0 aliphatic carbocycles. The lowest BCUT2D eigenvalue weighted by atomic mass is 10.0. The number of rotatable bonds is 4. The first-order chi connectivity index (χ1) is 7.91. The smallest absolute Gasteiger partial charge is 0.253 e. The zero-order valence-electron chi connectivity index (χ0n) is 11.5. The molecule has 0 radical (unpaired) electrons. The number of benzene rings is 1. The number of hydrogen-bond acceptors (Lipinski definition) is 1. The Bertz CT molecular complexity index is 365. The molecule has 0 fully saturated rings. The van der Waals surface area contributed by atoms with Crippen LogP contribution in [-0.4, -0.2) is 23.9 Å². The maximum absolute atomic E-state index is 12.0. The van der Waals surface area contributed by atoms with Gasteiger partial charge in [-0.05, 0) is 43.9 Å².